The van der Waals surface area contributed by atoms with Gasteiger partial charge in [-0.1, -0.05) is 20.9 Å². The molecule has 16 heteroatoms. The SMILES string of the molecule is N#Cc1ccc(N=NN2CCCN(N=Nc3ccc(C#N)cc3)CCN(N=Nc3ccc(C#N)cc3)CCCN(N=Nc3ccc(C#N)cc3)CC2)cc1. The van der Waals surface area contributed by atoms with Gasteiger partial charge in [0, 0.05) is 26.2 Å². The van der Waals surface area contributed by atoms with E-state index in [4.69, 9.17) is 21.0 Å². The minimum atomic E-state index is 0.487. The maximum absolute atomic E-state index is 9.17. The summed E-state index contributed by atoms with van der Waals surface area (Å²) < 4.78 is 0. The normalized spacial score (nSPS) is 14.9. The molecule has 4 aromatic rings. The first-order chi connectivity index (χ1) is 26.5. The molecule has 1 saturated heterocycles. The van der Waals surface area contributed by atoms with Crippen LogP contribution in [0, 0.1) is 45.3 Å². The van der Waals surface area contributed by atoms with Gasteiger partial charge in [0.05, 0.1) is 95.5 Å². The van der Waals surface area contributed by atoms with Crippen molar-refractivity contribution in [2.24, 2.45) is 41.4 Å². The molecule has 0 aliphatic carbocycles. The average Bonchev–Trinajstić information content (AvgIpc) is 3.23. The fraction of sp³-hybridized carbons (Fsp3) is 0.263. The Balaban J connectivity index is 1.37. The van der Waals surface area contributed by atoms with Gasteiger partial charge >= 0.3 is 0 Å². The van der Waals surface area contributed by atoms with Crippen molar-refractivity contribution in [3.8, 4) is 24.3 Å². The van der Waals surface area contributed by atoms with Crippen LogP contribution in [0.3, 0.4) is 0 Å². The van der Waals surface area contributed by atoms with E-state index in [9.17, 15) is 0 Å². The summed E-state index contributed by atoms with van der Waals surface area (Å²) in [6.07, 6.45) is 1.33. The van der Waals surface area contributed by atoms with Crippen molar-refractivity contribution in [3.63, 3.8) is 0 Å². The van der Waals surface area contributed by atoms with Gasteiger partial charge in [0.25, 0.3) is 0 Å². The van der Waals surface area contributed by atoms with E-state index < -0.39 is 0 Å². The Morgan fingerprint density at radius 3 is 0.704 bits per heavy atom. The highest BCUT2D eigenvalue weighted by Crippen LogP contribution is 2.18. The molecule has 0 N–H and O–H groups in total. The molecule has 1 aliphatic rings. The van der Waals surface area contributed by atoms with Crippen LogP contribution in [0.5, 0.6) is 0 Å². The quantitative estimate of drug-likeness (QED) is 0.162. The fourth-order valence-electron chi connectivity index (χ4n) is 5.01. The van der Waals surface area contributed by atoms with Gasteiger partial charge in [-0.15, -0.1) is 20.5 Å². The molecule has 0 spiro atoms. The first kappa shape index (κ1) is 37.7. The summed E-state index contributed by atoms with van der Waals surface area (Å²) in [4.78, 5) is 0. The van der Waals surface area contributed by atoms with Crippen LogP contribution in [0.15, 0.2) is 138 Å². The van der Waals surface area contributed by atoms with E-state index in [1.54, 1.807) is 97.1 Å². The van der Waals surface area contributed by atoms with E-state index in [2.05, 4.69) is 65.6 Å². The van der Waals surface area contributed by atoms with Gasteiger partial charge in [-0.2, -0.15) is 21.0 Å². The van der Waals surface area contributed by atoms with E-state index >= 15 is 0 Å². The molecule has 16 nitrogen and oxygen atoms in total. The number of rotatable bonds is 8. The van der Waals surface area contributed by atoms with Gasteiger partial charge in [0.2, 0.25) is 0 Å². The molecule has 268 valence electrons. The molecule has 5 rings (SSSR count). The number of nitriles is 4. The Bertz CT molecular complexity index is 1780. The van der Waals surface area contributed by atoms with Crippen LogP contribution in [0.4, 0.5) is 22.7 Å². The molecule has 0 unspecified atom stereocenters. The zero-order valence-corrected chi connectivity index (χ0v) is 29.5. The molecule has 0 bridgehead atoms. The molecule has 1 aliphatic heterocycles. The van der Waals surface area contributed by atoms with Gasteiger partial charge in [-0.25, -0.2) is 0 Å². The minimum absolute atomic E-state index is 0.487. The summed E-state index contributed by atoms with van der Waals surface area (Å²) >= 11 is 0. The largest absolute Gasteiger partial charge is 0.277 e. The third-order valence-corrected chi connectivity index (χ3v) is 8.03. The highest BCUT2D eigenvalue weighted by molar-refractivity contribution is 5.44. The Hall–Kier alpha value is -7.56. The van der Waals surface area contributed by atoms with Crippen molar-refractivity contribution < 1.29 is 0 Å². The van der Waals surface area contributed by atoms with Crippen LogP contribution in [0.25, 0.3) is 0 Å². The van der Waals surface area contributed by atoms with Crippen molar-refractivity contribution >= 4 is 22.7 Å². The van der Waals surface area contributed by atoms with E-state index in [0.717, 1.165) is 0 Å². The maximum atomic E-state index is 9.17. The number of nitrogens with zero attached hydrogens (tertiary/aromatic N) is 16. The fourth-order valence-corrected chi connectivity index (χ4v) is 5.01. The van der Waals surface area contributed by atoms with E-state index in [-0.39, 0.29) is 0 Å². The zero-order valence-electron chi connectivity index (χ0n) is 29.5. The first-order valence-electron chi connectivity index (χ1n) is 17.2. The Kier molecular flexibility index (Phi) is 14.2. The smallest absolute Gasteiger partial charge is 0.0991 e. The molecule has 0 radical (unpaired) electrons. The van der Waals surface area contributed by atoms with Crippen molar-refractivity contribution in [2.75, 3.05) is 52.4 Å². The predicted octanol–water partition coefficient (Wildman–Crippen LogP) is 8.27. The second-order valence-electron chi connectivity index (χ2n) is 11.9. The lowest BCUT2D eigenvalue weighted by molar-refractivity contribution is 0.152. The highest BCUT2D eigenvalue weighted by atomic mass is 15.6. The highest BCUT2D eigenvalue weighted by Gasteiger charge is 2.13. The lowest BCUT2D eigenvalue weighted by Crippen LogP contribution is -2.36. The molecular weight excluding hydrogens is 681 g/mol. The molecule has 4 aromatic carbocycles. The van der Waals surface area contributed by atoms with Gasteiger partial charge in [0.1, 0.15) is 0 Å². The minimum Gasteiger partial charge on any atom is -0.277 e. The summed E-state index contributed by atoms with van der Waals surface area (Å²) in [6.45, 7) is 4.14. The Labute approximate surface area is 313 Å². The third kappa shape index (κ3) is 12.3. The summed E-state index contributed by atoms with van der Waals surface area (Å²) in [5.74, 6) is 0. The zero-order chi connectivity index (χ0) is 37.8. The van der Waals surface area contributed by atoms with Crippen LogP contribution in [0.2, 0.25) is 0 Å². The standard InChI is InChI=1S/C38H36N16/c39-27-31-3-11-35(12-4-31)43-47-51-19-1-20-52(48-44-36-13-5-32(28-40)6-14-36)24-26-54(50-46-38-17-9-34(30-42)10-18-38)22-2-21-53(25-23-51)49-45-37-15-7-33(29-41)8-16-37/h3-18H,1-2,19-26H2. The van der Waals surface area contributed by atoms with Crippen LogP contribution in [0.1, 0.15) is 35.1 Å². The Morgan fingerprint density at radius 2 is 0.519 bits per heavy atom. The van der Waals surface area contributed by atoms with Gasteiger partial charge in [-0.05, 0) is 110 Å². The Morgan fingerprint density at radius 1 is 0.315 bits per heavy atom. The lowest BCUT2D eigenvalue weighted by Gasteiger charge is -2.27. The molecular formula is C38H36N16. The summed E-state index contributed by atoms with van der Waals surface area (Å²) in [5, 5.41) is 80.1. The van der Waals surface area contributed by atoms with E-state index in [1.165, 1.54) is 0 Å². The van der Waals surface area contributed by atoms with Crippen LogP contribution in [-0.4, -0.2) is 72.4 Å². The molecule has 1 fully saturated rings. The monoisotopic (exact) mass is 716 g/mol. The predicted molar refractivity (Wildman–Crippen MR) is 198 cm³/mol. The van der Waals surface area contributed by atoms with Crippen molar-refractivity contribution in [1.82, 2.24) is 20.0 Å². The molecule has 0 aromatic heterocycles. The molecule has 0 atom stereocenters. The van der Waals surface area contributed by atoms with Gasteiger partial charge in [-0.3, -0.25) is 20.0 Å². The van der Waals surface area contributed by atoms with Gasteiger partial charge in [0.15, 0.2) is 0 Å². The molecule has 0 amide bonds. The summed E-state index contributed by atoms with van der Waals surface area (Å²) in [5.41, 5.74) is 4.66. The van der Waals surface area contributed by atoms with E-state index in [0.29, 0.717) is 110 Å². The number of hydrogen-bond acceptors (Lipinski definition) is 12. The molecule has 0 saturated carbocycles. The van der Waals surface area contributed by atoms with Crippen molar-refractivity contribution in [3.05, 3.63) is 119 Å². The maximum Gasteiger partial charge on any atom is 0.0991 e. The third-order valence-electron chi connectivity index (χ3n) is 8.03. The van der Waals surface area contributed by atoms with Crippen LogP contribution in [-0.2, 0) is 0 Å². The number of benzene rings is 4. The van der Waals surface area contributed by atoms with E-state index in [1.807, 2.05) is 20.0 Å². The summed E-state index contributed by atoms with van der Waals surface area (Å²) in [6, 6.07) is 36.1. The lowest BCUT2D eigenvalue weighted by atomic mass is 10.2. The van der Waals surface area contributed by atoms with Crippen LogP contribution < -0.4 is 0 Å². The topological polar surface area (TPSA) is 207 Å². The van der Waals surface area contributed by atoms with Gasteiger partial charge < -0.3 is 0 Å². The van der Waals surface area contributed by atoms with Crippen LogP contribution >= 0.6 is 0 Å². The second kappa shape index (κ2) is 20.3. The summed E-state index contributed by atoms with van der Waals surface area (Å²) in [7, 11) is 0. The molecule has 54 heavy (non-hydrogen) atoms. The molecule has 1 heterocycles. The first-order valence-corrected chi connectivity index (χ1v) is 17.2. The van der Waals surface area contributed by atoms with Crippen molar-refractivity contribution in [1.29, 1.82) is 21.0 Å². The average molecular weight is 717 g/mol. The van der Waals surface area contributed by atoms with Crippen molar-refractivity contribution in [2.45, 2.75) is 12.8 Å². The number of hydrogen-bond donors (Lipinski definition) is 0. The second-order valence-corrected chi connectivity index (χ2v) is 11.9.